The van der Waals surface area contributed by atoms with Gasteiger partial charge in [0.15, 0.2) is 0 Å². The van der Waals surface area contributed by atoms with Gasteiger partial charge in [0, 0.05) is 18.8 Å². The maximum absolute atomic E-state index is 13.5. The number of amides is 2. The third-order valence-corrected chi connectivity index (χ3v) is 4.23. The third kappa shape index (κ3) is 5.19. The highest BCUT2D eigenvalue weighted by Crippen LogP contribution is 2.26. The summed E-state index contributed by atoms with van der Waals surface area (Å²) in [5, 5.41) is 7.08. The lowest BCUT2D eigenvalue weighted by Crippen LogP contribution is -2.48. The van der Waals surface area contributed by atoms with Gasteiger partial charge in [-0.25, -0.2) is 9.18 Å². The number of benzene rings is 1. The number of halogens is 1. The average Bonchev–Trinajstić information content (AvgIpc) is 3.06. The van der Waals surface area contributed by atoms with E-state index in [1.165, 1.54) is 18.2 Å². The van der Waals surface area contributed by atoms with E-state index in [2.05, 4.69) is 10.4 Å². The van der Waals surface area contributed by atoms with E-state index in [4.69, 9.17) is 9.47 Å². The number of ether oxygens (including phenoxy) is 2. The van der Waals surface area contributed by atoms with Crippen molar-refractivity contribution in [3.05, 3.63) is 42.0 Å². The minimum Gasteiger partial charge on any atom is -0.491 e. The Morgan fingerprint density at radius 3 is 3.07 bits per heavy atom. The Kier molecular flexibility index (Phi) is 6.28. The van der Waals surface area contributed by atoms with E-state index < -0.39 is 5.82 Å². The Balaban J connectivity index is 1.62. The van der Waals surface area contributed by atoms with Crippen LogP contribution in [0.2, 0.25) is 0 Å². The summed E-state index contributed by atoms with van der Waals surface area (Å²) in [7, 11) is 0. The quantitative estimate of drug-likeness (QED) is 0.841. The number of carbonyl (C=O) groups excluding carboxylic acids is 1. The molecule has 27 heavy (non-hydrogen) atoms. The van der Waals surface area contributed by atoms with E-state index in [9.17, 15) is 9.18 Å². The second kappa shape index (κ2) is 8.85. The van der Waals surface area contributed by atoms with E-state index in [0.29, 0.717) is 44.3 Å². The van der Waals surface area contributed by atoms with E-state index in [0.717, 1.165) is 12.0 Å². The van der Waals surface area contributed by atoms with Crippen LogP contribution >= 0.6 is 0 Å². The van der Waals surface area contributed by atoms with Crippen LogP contribution in [0.1, 0.15) is 18.9 Å². The highest BCUT2D eigenvalue weighted by molar-refractivity contribution is 5.91. The molecule has 1 atom stereocenters. The van der Waals surface area contributed by atoms with Crippen molar-refractivity contribution in [2.24, 2.45) is 0 Å². The first kappa shape index (κ1) is 19.2. The molecule has 1 aliphatic rings. The molecule has 146 valence electrons. The lowest BCUT2D eigenvalue weighted by atomic mass is 10.2. The summed E-state index contributed by atoms with van der Waals surface area (Å²) in [6.07, 6.45) is 4.40. The Hall–Kier alpha value is -2.61. The fourth-order valence-corrected chi connectivity index (χ4v) is 2.91. The maximum Gasteiger partial charge on any atom is 0.322 e. The van der Waals surface area contributed by atoms with Crippen LogP contribution in [0.3, 0.4) is 0 Å². The van der Waals surface area contributed by atoms with Crippen molar-refractivity contribution in [3.63, 3.8) is 0 Å². The summed E-state index contributed by atoms with van der Waals surface area (Å²) >= 11 is 0. The third-order valence-electron chi connectivity index (χ3n) is 4.23. The fourth-order valence-electron chi connectivity index (χ4n) is 2.91. The molecule has 2 amide bonds. The largest absolute Gasteiger partial charge is 0.491 e. The van der Waals surface area contributed by atoms with Crippen molar-refractivity contribution >= 4 is 11.7 Å². The van der Waals surface area contributed by atoms with Gasteiger partial charge >= 0.3 is 6.03 Å². The molecule has 0 spiro atoms. The number of nitrogens with zero attached hydrogens (tertiary/aromatic N) is 3. The smallest absolute Gasteiger partial charge is 0.322 e. The molecule has 8 heteroatoms. The summed E-state index contributed by atoms with van der Waals surface area (Å²) in [5.74, 6) is -0.0675. The number of carbonyl (C=O) groups is 1. The first-order valence-electron chi connectivity index (χ1n) is 9.14. The van der Waals surface area contributed by atoms with Crippen LogP contribution in [0.25, 0.3) is 0 Å². The monoisotopic (exact) mass is 376 g/mol. The number of hydrogen-bond donors (Lipinski definition) is 1. The molecular weight excluding hydrogens is 351 g/mol. The predicted octanol–water partition coefficient (Wildman–Crippen LogP) is 3.05. The molecule has 1 unspecified atom stereocenters. The summed E-state index contributed by atoms with van der Waals surface area (Å²) in [5.41, 5.74) is 1.54. The minimum absolute atomic E-state index is 0.132. The van der Waals surface area contributed by atoms with Gasteiger partial charge in [0.1, 0.15) is 11.6 Å². The lowest BCUT2D eigenvalue weighted by molar-refractivity contribution is -0.0219. The lowest BCUT2D eigenvalue weighted by Gasteiger charge is -2.33. The second-order valence-electron chi connectivity index (χ2n) is 6.60. The summed E-state index contributed by atoms with van der Waals surface area (Å²) in [4.78, 5) is 14.4. The van der Waals surface area contributed by atoms with Crippen LogP contribution in [0.5, 0.6) is 5.75 Å². The highest BCUT2D eigenvalue weighted by Gasteiger charge is 2.25. The molecule has 0 saturated carbocycles. The Labute approximate surface area is 158 Å². The molecular formula is C19H25FN4O3. The fraction of sp³-hybridized carbons (Fsp3) is 0.474. The number of morpholine rings is 1. The number of aryl methyl sites for hydroxylation is 1. The van der Waals surface area contributed by atoms with Crippen LogP contribution in [0.15, 0.2) is 30.6 Å². The van der Waals surface area contributed by atoms with Gasteiger partial charge in [0.25, 0.3) is 0 Å². The van der Waals surface area contributed by atoms with Crippen LogP contribution in [-0.2, 0) is 11.3 Å². The summed E-state index contributed by atoms with van der Waals surface area (Å²) in [6, 6.07) is 3.85. The SMILES string of the molecule is CCCOc1cc(F)ccc1NC(=O)N1CCOC(Cn2cc(C)cn2)C1. The zero-order valence-electron chi connectivity index (χ0n) is 15.7. The van der Waals surface area contributed by atoms with E-state index >= 15 is 0 Å². The maximum atomic E-state index is 13.5. The molecule has 7 nitrogen and oxygen atoms in total. The highest BCUT2D eigenvalue weighted by atomic mass is 19.1. The number of aromatic nitrogens is 2. The Morgan fingerprint density at radius 1 is 1.48 bits per heavy atom. The molecule has 1 fully saturated rings. The molecule has 1 aromatic carbocycles. The number of urea groups is 1. The zero-order valence-corrected chi connectivity index (χ0v) is 15.7. The molecule has 2 aromatic rings. The van der Waals surface area contributed by atoms with Gasteiger partial charge in [0.05, 0.1) is 44.3 Å². The van der Waals surface area contributed by atoms with E-state index in [1.54, 1.807) is 11.1 Å². The van der Waals surface area contributed by atoms with Gasteiger partial charge in [-0.1, -0.05) is 6.92 Å². The first-order chi connectivity index (χ1) is 13.0. The number of anilines is 1. The average molecular weight is 376 g/mol. The van der Waals surface area contributed by atoms with Crippen molar-refractivity contribution in [1.29, 1.82) is 0 Å². The van der Waals surface area contributed by atoms with Gasteiger partial charge < -0.3 is 19.7 Å². The van der Waals surface area contributed by atoms with Gasteiger partial charge in [0.2, 0.25) is 0 Å². The van der Waals surface area contributed by atoms with Crippen LogP contribution in [0, 0.1) is 12.7 Å². The standard InChI is InChI=1S/C19H25FN4O3/c1-3-7-27-18-9-15(20)4-5-17(18)22-19(25)23-6-8-26-16(12-23)13-24-11-14(2)10-21-24/h4-5,9-11,16H,3,6-8,12-13H2,1-2H3,(H,22,25). The van der Waals surface area contributed by atoms with Gasteiger partial charge in [-0.3, -0.25) is 4.68 Å². The molecule has 1 N–H and O–H groups in total. The van der Waals surface area contributed by atoms with Crippen molar-refractivity contribution in [3.8, 4) is 5.75 Å². The van der Waals surface area contributed by atoms with Gasteiger partial charge in [-0.2, -0.15) is 5.10 Å². The van der Waals surface area contributed by atoms with Crippen molar-refractivity contribution in [2.45, 2.75) is 32.9 Å². The number of rotatable bonds is 6. The zero-order chi connectivity index (χ0) is 19.2. The molecule has 1 aromatic heterocycles. The molecule has 0 radical (unpaired) electrons. The predicted molar refractivity (Wildman–Crippen MR) is 99.5 cm³/mol. The van der Waals surface area contributed by atoms with Crippen LogP contribution in [-0.4, -0.2) is 53.1 Å². The van der Waals surface area contributed by atoms with Gasteiger partial charge in [-0.05, 0) is 31.0 Å². The number of hydrogen-bond acceptors (Lipinski definition) is 4. The van der Waals surface area contributed by atoms with Crippen molar-refractivity contribution in [1.82, 2.24) is 14.7 Å². The molecule has 0 aliphatic carbocycles. The van der Waals surface area contributed by atoms with Crippen molar-refractivity contribution < 1.29 is 18.7 Å². The molecule has 0 bridgehead atoms. The summed E-state index contributed by atoms with van der Waals surface area (Å²) in [6.45, 7) is 6.39. The number of nitrogens with one attached hydrogen (secondary N) is 1. The van der Waals surface area contributed by atoms with Crippen molar-refractivity contribution in [2.75, 3.05) is 31.6 Å². The topological polar surface area (TPSA) is 68.6 Å². The first-order valence-corrected chi connectivity index (χ1v) is 9.14. The molecule has 3 rings (SSSR count). The normalized spacial score (nSPS) is 17.0. The Bertz CT molecular complexity index is 780. The Morgan fingerprint density at radius 2 is 2.33 bits per heavy atom. The van der Waals surface area contributed by atoms with Crippen LogP contribution < -0.4 is 10.1 Å². The van der Waals surface area contributed by atoms with Gasteiger partial charge in [-0.15, -0.1) is 0 Å². The minimum atomic E-state index is -0.403. The summed E-state index contributed by atoms with van der Waals surface area (Å²) < 4.78 is 26.6. The molecule has 2 heterocycles. The van der Waals surface area contributed by atoms with E-state index in [1.807, 2.05) is 24.7 Å². The second-order valence-corrected chi connectivity index (χ2v) is 6.60. The van der Waals surface area contributed by atoms with E-state index in [-0.39, 0.29) is 12.1 Å². The molecule has 1 aliphatic heterocycles. The molecule has 1 saturated heterocycles. The van der Waals surface area contributed by atoms with Crippen LogP contribution in [0.4, 0.5) is 14.9 Å².